The van der Waals surface area contributed by atoms with Crippen LogP contribution in [0.1, 0.15) is 46.1 Å². The second-order valence-corrected chi connectivity index (χ2v) is 8.94. The summed E-state index contributed by atoms with van der Waals surface area (Å²) in [6.45, 7) is 13.7. The van der Waals surface area contributed by atoms with Gasteiger partial charge in [-0.2, -0.15) is 0 Å². The van der Waals surface area contributed by atoms with E-state index in [-0.39, 0.29) is 24.7 Å². The Balaban J connectivity index is 1.84. The third-order valence-corrected chi connectivity index (χ3v) is 5.07. The molecule has 3 atom stereocenters. The van der Waals surface area contributed by atoms with Crippen molar-refractivity contribution in [3.05, 3.63) is 29.8 Å². The quantitative estimate of drug-likeness (QED) is 0.458. The summed E-state index contributed by atoms with van der Waals surface area (Å²) in [5, 5.41) is 16.9. The molecular weight excluding hydrogens is 366 g/mol. The van der Waals surface area contributed by atoms with Crippen molar-refractivity contribution in [3.63, 3.8) is 0 Å². The molecule has 0 aromatic heterocycles. The predicted octanol–water partition coefficient (Wildman–Crippen LogP) is 3.13. The number of aliphatic hydroxyl groups excluding tert-OH is 1. The summed E-state index contributed by atoms with van der Waals surface area (Å²) in [6.07, 6.45) is 1.83. The van der Waals surface area contributed by atoms with Crippen molar-refractivity contribution >= 4 is 5.96 Å². The lowest BCUT2D eigenvalue weighted by atomic mass is 9.78. The molecule has 0 bridgehead atoms. The van der Waals surface area contributed by atoms with Crippen LogP contribution in [0.25, 0.3) is 0 Å². The van der Waals surface area contributed by atoms with Crippen LogP contribution in [0, 0.1) is 18.3 Å². The third-order valence-electron chi connectivity index (χ3n) is 5.07. The number of aryl methyl sites for hydroxylation is 1. The van der Waals surface area contributed by atoms with Gasteiger partial charge in [-0.25, -0.2) is 0 Å². The summed E-state index contributed by atoms with van der Waals surface area (Å²) in [4.78, 5) is 4.54. The van der Waals surface area contributed by atoms with Crippen LogP contribution in [0.15, 0.2) is 29.3 Å². The van der Waals surface area contributed by atoms with E-state index >= 15 is 0 Å². The summed E-state index contributed by atoms with van der Waals surface area (Å²) in [7, 11) is 0. The van der Waals surface area contributed by atoms with Crippen LogP contribution < -0.4 is 15.4 Å². The van der Waals surface area contributed by atoms with Crippen molar-refractivity contribution in [2.45, 2.75) is 59.7 Å². The standard InChI is InChI=1S/C23H39N3O3/c1-6-24-22(25-14-18-10-8-12-28-21(18)23(3,4)5)26-15-19(27)16-29-20-11-7-9-17(2)13-20/h7,9,11,13,18-19,21,27H,6,8,10,12,14-16H2,1-5H3,(H2,24,25,26). The van der Waals surface area contributed by atoms with Crippen molar-refractivity contribution in [1.29, 1.82) is 0 Å². The van der Waals surface area contributed by atoms with Crippen LogP contribution in [0.4, 0.5) is 0 Å². The molecule has 1 saturated heterocycles. The van der Waals surface area contributed by atoms with Crippen LogP contribution in [0.3, 0.4) is 0 Å². The molecule has 1 fully saturated rings. The van der Waals surface area contributed by atoms with Gasteiger partial charge in [-0.15, -0.1) is 0 Å². The average molecular weight is 406 g/mol. The second-order valence-electron chi connectivity index (χ2n) is 8.94. The van der Waals surface area contributed by atoms with E-state index in [1.54, 1.807) is 0 Å². The number of benzene rings is 1. The van der Waals surface area contributed by atoms with Crippen LogP contribution in [0.2, 0.25) is 0 Å². The molecule has 0 aliphatic carbocycles. The zero-order valence-electron chi connectivity index (χ0n) is 18.7. The SMILES string of the molecule is CCNC(=NCC(O)COc1cccc(C)c1)NCC1CCCOC1C(C)(C)C. The predicted molar refractivity (Wildman–Crippen MR) is 119 cm³/mol. The number of nitrogens with zero attached hydrogens (tertiary/aromatic N) is 1. The monoisotopic (exact) mass is 405 g/mol. The first-order valence-electron chi connectivity index (χ1n) is 10.8. The fourth-order valence-corrected chi connectivity index (χ4v) is 3.73. The maximum absolute atomic E-state index is 10.3. The fraction of sp³-hybridized carbons (Fsp3) is 0.696. The molecule has 0 radical (unpaired) electrons. The van der Waals surface area contributed by atoms with Crippen molar-refractivity contribution in [2.75, 3.05) is 32.8 Å². The Morgan fingerprint density at radius 3 is 2.83 bits per heavy atom. The lowest BCUT2D eigenvalue weighted by Crippen LogP contribution is -2.47. The Kier molecular flexibility index (Phi) is 9.24. The molecule has 0 amide bonds. The maximum Gasteiger partial charge on any atom is 0.191 e. The molecule has 0 saturated carbocycles. The lowest BCUT2D eigenvalue weighted by molar-refractivity contribution is -0.0835. The van der Waals surface area contributed by atoms with Crippen molar-refractivity contribution in [2.24, 2.45) is 16.3 Å². The molecule has 1 aromatic rings. The van der Waals surface area contributed by atoms with E-state index in [1.165, 1.54) is 0 Å². The van der Waals surface area contributed by atoms with Gasteiger partial charge < -0.3 is 25.2 Å². The minimum atomic E-state index is -0.661. The van der Waals surface area contributed by atoms with Gasteiger partial charge in [-0.1, -0.05) is 32.9 Å². The summed E-state index contributed by atoms with van der Waals surface area (Å²) >= 11 is 0. The Labute approximate surface area is 176 Å². The number of hydrogen-bond donors (Lipinski definition) is 3. The van der Waals surface area contributed by atoms with Crippen molar-refractivity contribution in [3.8, 4) is 5.75 Å². The number of guanidine groups is 1. The average Bonchev–Trinajstić information content (AvgIpc) is 2.68. The van der Waals surface area contributed by atoms with E-state index in [9.17, 15) is 5.11 Å². The Hall–Kier alpha value is -1.79. The van der Waals surface area contributed by atoms with E-state index in [0.29, 0.717) is 5.92 Å². The third kappa shape index (κ3) is 8.23. The molecule has 1 aliphatic rings. The topological polar surface area (TPSA) is 75.1 Å². The lowest BCUT2D eigenvalue weighted by Gasteiger charge is -2.40. The molecular formula is C23H39N3O3. The van der Waals surface area contributed by atoms with E-state index in [1.807, 2.05) is 38.1 Å². The number of hydrogen-bond acceptors (Lipinski definition) is 4. The summed E-state index contributed by atoms with van der Waals surface area (Å²) < 4.78 is 11.7. The Morgan fingerprint density at radius 1 is 1.34 bits per heavy atom. The summed E-state index contributed by atoms with van der Waals surface area (Å²) in [6, 6.07) is 7.82. The molecule has 3 unspecified atom stereocenters. The van der Waals surface area contributed by atoms with Crippen LogP contribution in [0.5, 0.6) is 5.75 Å². The molecule has 29 heavy (non-hydrogen) atoms. The number of ether oxygens (including phenoxy) is 2. The van der Waals surface area contributed by atoms with Gasteiger partial charge in [0.2, 0.25) is 0 Å². The fourth-order valence-electron chi connectivity index (χ4n) is 3.73. The first kappa shape index (κ1) is 23.5. The molecule has 6 heteroatoms. The maximum atomic E-state index is 10.3. The van der Waals surface area contributed by atoms with E-state index < -0.39 is 6.10 Å². The Bertz CT molecular complexity index is 643. The number of aliphatic hydroxyl groups is 1. The van der Waals surface area contributed by atoms with Gasteiger partial charge in [0.1, 0.15) is 18.5 Å². The van der Waals surface area contributed by atoms with Gasteiger partial charge in [0.05, 0.1) is 12.6 Å². The van der Waals surface area contributed by atoms with Gasteiger partial charge in [0.25, 0.3) is 0 Å². The van der Waals surface area contributed by atoms with E-state index in [4.69, 9.17) is 9.47 Å². The summed E-state index contributed by atoms with van der Waals surface area (Å²) in [5.41, 5.74) is 1.25. The normalized spacial score (nSPS) is 21.5. The van der Waals surface area contributed by atoms with Gasteiger partial charge in [0.15, 0.2) is 5.96 Å². The zero-order valence-corrected chi connectivity index (χ0v) is 18.7. The second kappa shape index (κ2) is 11.4. The first-order chi connectivity index (χ1) is 13.8. The molecule has 164 valence electrons. The van der Waals surface area contributed by atoms with Gasteiger partial charge >= 0.3 is 0 Å². The van der Waals surface area contributed by atoms with Gasteiger partial charge in [0, 0.05) is 25.6 Å². The number of rotatable bonds is 8. The van der Waals surface area contributed by atoms with Crippen molar-refractivity contribution < 1.29 is 14.6 Å². The number of aliphatic imine (C=N–C) groups is 1. The molecule has 6 nitrogen and oxygen atoms in total. The van der Waals surface area contributed by atoms with Crippen LogP contribution >= 0.6 is 0 Å². The molecule has 1 aliphatic heterocycles. The molecule has 0 spiro atoms. The minimum absolute atomic E-state index is 0.117. The van der Waals surface area contributed by atoms with Crippen LogP contribution in [-0.4, -0.2) is 56.1 Å². The molecule has 1 heterocycles. The Morgan fingerprint density at radius 2 is 2.14 bits per heavy atom. The van der Waals surface area contributed by atoms with Gasteiger partial charge in [-0.3, -0.25) is 4.99 Å². The van der Waals surface area contributed by atoms with Gasteiger partial charge in [-0.05, 0) is 49.8 Å². The van der Waals surface area contributed by atoms with E-state index in [2.05, 4.69) is 36.4 Å². The highest BCUT2D eigenvalue weighted by molar-refractivity contribution is 5.79. The minimum Gasteiger partial charge on any atom is -0.491 e. The first-order valence-corrected chi connectivity index (χ1v) is 10.8. The van der Waals surface area contributed by atoms with Crippen molar-refractivity contribution in [1.82, 2.24) is 10.6 Å². The molecule has 2 rings (SSSR count). The highest BCUT2D eigenvalue weighted by atomic mass is 16.5. The highest BCUT2D eigenvalue weighted by Crippen LogP contribution is 2.33. The highest BCUT2D eigenvalue weighted by Gasteiger charge is 2.35. The zero-order chi connectivity index (χ0) is 21.3. The van der Waals surface area contributed by atoms with E-state index in [0.717, 1.165) is 49.8 Å². The van der Waals surface area contributed by atoms with Crippen LogP contribution in [-0.2, 0) is 4.74 Å². The molecule has 1 aromatic carbocycles. The molecule has 3 N–H and O–H groups in total. The summed E-state index contributed by atoms with van der Waals surface area (Å²) in [5.74, 6) is 1.94. The largest absolute Gasteiger partial charge is 0.491 e. The number of nitrogens with one attached hydrogen (secondary N) is 2. The smallest absolute Gasteiger partial charge is 0.191 e.